The van der Waals surface area contributed by atoms with Gasteiger partial charge in [-0.3, -0.25) is 4.79 Å². The van der Waals surface area contributed by atoms with Crippen LogP contribution in [0.5, 0.6) is 28.7 Å². The minimum Gasteiger partial charge on any atom is -0.508 e. The molecule has 0 aliphatic carbocycles. The minimum absolute atomic E-state index is 0.0514. The van der Waals surface area contributed by atoms with E-state index in [4.69, 9.17) is 37.6 Å². The highest BCUT2D eigenvalue weighted by molar-refractivity contribution is 5.88. The molecule has 12 N–H and O–H groups in total. The Kier molecular flexibility index (Phi) is 12.1. The minimum atomic E-state index is -2.03. The molecule has 4 heterocycles. The van der Waals surface area contributed by atoms with Crippen LogP contribution in [0.4, 0.5) is 0 Å². The van der Waals surface area contributed by atoms with Gasteiger partial charge in [-0.1, -0.05) is 0 Å². The van der Waals surface area contributed by atoms with E-state index >= 15 is 0 Å². The summed E-state index contributed by atoms with van der Waals surface area (Å²) >= 11 is 0. The number of fused-ring (bicyclic) bond motifs is 1. The lowest BCUT2D eigenvalue weighted by Gasteiger charge is -2.46. The number of aromatic hydroxyl groups is 3. The van der Waals surface area contributed by atoms with Crippen molar-refractivity contribution in [3.8, 4) is 40.1 Å². The van der Waals surface area contributed by atoms with E-state index in [1.807, 2.05) is 0 Å². The van der Waals surface area contributed by atoms with Gasteiger partial charge in [0.1, 0.15) is 89.6 Å². The summed E-state index contributed by atoms with van der Waals surface area (Å²) in [6.07, 6.45) is -25.8. The van der Waals surface area contributed by atoms with Crippen molar-refractivity contribution in [3.05, 3.63) is 40.6 Å². The van der Waals surface area contributed by atoms with Gasteiger partial charge in [0.05, 0.1) is 26.4 Å². The van der Waals surface area contributed by atoms with Crippen molar-refractivity contribution in [1.29, 1.82) is 0 Å². The number of phenolic OH excluding ortho intramolecular Hbond substituents is 3. The van der Waals surface area contributed by atoms with Crippen LogP contribution < -0.4 is 14.9 Å². The Hall–Kier alpha value is -3.91. The molecule has 0 amide bonds. The fraction of sp³-hybridized carbons (Fsp3) is 0.559. The standard InChI is InChI=1S/C34H42O21/c1-10-20(39)30(54-33-26(45)24(43)21(40)17(8-35)52-33)28(47)32(50-10)49-9-18-22(41)25(44)27(46)34(53-18)55-31-23(42)19-14(38)6-12(36)7-16(19)51-29(31)11-3-4-13(37)15(5-11)48-2/h3-7,10,17-18,20-22,24-28,30,32-41,43-47H,8-9H2,1-2H3/t10-,17+,18+,20-,21+,22-,24-,25-,26+,27+,28+,30+,32+,33-,34-/m0/s1. The first-order valence-corrected chi connectivity index (χ1v) is 16.9. The van der Waals surface area contributed by atoms with Crippen LogP contribution in [-0.2, 0) is 23.7 Å². The summed E-state index contributed by atoms with van der Waals surface area (Å²) in [4.78, 5) is 13.9. The van der Waals surface area contributed by atoms with Crippen molar-refractivity contribution < 1.29 is 98.9 Å². The van der Waals surface area contributed by atoms with Crippen LogP contribution >= 0.6 is 0 Å². The number of ether oxygens (including phenoxy) is 7. The van der Waals surface area contributed by atoms with Crippen LogP contribution in [0.15, 0.2) is 39.5 Å². The maximum Gasteiger partial charge on any atom is 0.239 e. The molecule has 304 valence electrons. The zero-order valence-corrected chi connectivity index (χ0v) is 29.0. The Bertz CT molecular complexity index is 1870. The fourth-order valence-corrected chi connectivity index (χ4v) is 6.47. The first-order valence-electron chi connectivity index (χ1n) is 16.9. The van der Waals surface area contributed by atoms with E-state index in [0.717, 1.165) is 12.1 Å². The highest BCUT2D eigenvalue weighted by atomic mass is 16.7. The van der Waals surface area contributed by atoms with Crippen LogP contribution in [0, 0.1) is 0 Å². The van der Waals surface area contributed by atoms with Crippen molar-refractivity contribution in [3.63, 3.8) is 0 Å². The third kappa shape index (κ3) is 7.77. The zero-order chi connectivity index (χ0) is 40.0. The third-order valence-corrected chi connectivity index (χ3v) is 9.61. The molecule has 6 rings (SSSR count). The molecule has 21 heteroatoms. The average molecular weight is 787 g/mol. The number of hydrogen-bond acceptors (Lipinski definition) is 21. The highest BCUT2D eigenvalue weighted by Gasteiger charge is 2.51. The summed E-state index contributed by atoms with van der Waals surface area (Å²) in [6.45, 7) is -0.106. The van der Waals surface area contributed by atoms with Gasteiger partial charge in [-0.2, -0.15) is 0 Å². The Balaban J connectivity index is 1.24. The quantitative estimate of drug-likeness (QED) is 0.0946. The molecule has 21 nitrogen and oxygen atoms in total. The molecule has 0 bridgehead atoms. The molecular formula is C34H42O21. The monoisotopic (exact) mass is 786 g/mol. The molecule has 3 aliphatic heterocycles. The van der Waals surface area contributed by atoms with E-state index in [-0.39, 0.29) is 28.4 Å². The van der Waals surface area contributed by atoms with E-state index in [1.54, 1.807) is 0 Å². The molecule has 0 spiro atoms. The van der Waals surface area contributed by atoms with Crippen molar-refractivity contribution in [2.24, 2.45) is 0 Å². The van der Waals surface area contributed by atoms with Crippen LogP contribution in [0.1, 0.15) is 6.92 Å². The molecule has 3 saturated heterocycles. The lowest BCUT2D eigenvalue weighted by Crippen LogP contribution is -2.64. The topological polar surface area (TPSA) is 338 Å². The molecule has 2 aromatic carbocycles. The maximum absolute atomic E-state index is 13.9. The molecular weight excluding hydrogens is 744 g/mol. The molecule has 0 unspecified atom stereocenters. The summed E-state index contributed by atoms with van der Waals surface area (Å²) in [6, 6.07) is 5.70. The smallest absolute Gasteiger partial charge is 0.239 e. The number of aliphatic hydroxyl groups excluding tert-OH is 9. The molecule has 1 aromatic heterocycles. The van der Waals surface area contributed by atoms with E-state index in [9.17, 15) is 66.1 Å². The lowest BCUT2D eigenvalue weighted by molar-refractivity contribution is -0.361. The van der Waals surface area contributed by atoms with Crippen LogP contribution in [0.25, 0.3) is 22.3 Å². The Morgan fingerprint density at radius 1 is 0.709 bits per heavy atom. The number of aliphatic hydroxyl groups is 9. The number of methoxy groups -OCH3 is 1. The van der Waals surface area contributed by atoms with E-state index in [2.05, 4.69) is 0 Å². The first-order chi connectivity index (χ1) is 26.1. The van der Waals surface area contributed by atoms with E-state index in [1.165, 1.54) is 32.2 Å². The molecule has 15 atom stereocenters. The largest absolute Gasteiger partial charge is 0.508 e. The van der Waals surface area contributed by atoms with Crippen molar-refractivity contribution >= 4 is 11.0 Å². The summed E-state index contributed by atoms with van der Waals surface area (Å²) in [7, 11) is 1.26. The van der Waals surface area contributed by atoms with Crippen molar-refractivity contribution in [2.75, 3.05) is 20.3 Å². The Morgan fingerprint density at radius 2 is 1.36 bits per heavy atom. The number of phenols is 3. The van der Waals surface area contributed by atoms with Gasteiger partial charge in [0.2, 0.25) is 17.5 Å². The van der Waals surface area contributed by atoms with Crippen LogP contribution in [0.3, 0.4) is 0 Å². The Labute approximate surface area is 309 Å². The molecule has 3 aliphatic rings. The van der Waals surface area contributed by atoms with Gasteiger partial charge in [-0.15, -0.1) is 0 Å². The normalized spacial score (nSPS) is 36.8. The van der Waals surface area contributed by atoms with Crippen LogP contribution in [-0.4, -0.2) is 174 Å². The second-order valence-corrected chi connectivity index (χ2v) is 13.3. The first kappa shape index (κ1) is 40.7. The van der Waals surface area contributed by atoms with Gasteiger partial charge >= 0.3 is 0 Å². The third-order valence-electron chi connectivity index (χ3n) is 9.61. The van der Waals surface area contributed by atoms with Gasteiger partial charge in [0.25, 0.3) is 0 Å². The number of benzene rings is 2. The van der Waals surface area contributed by atoms with Gasteiger partial charge < -0.3 is 98.9 Å². The van der Waals surface area contributed by atoms with E-state index in [0.29, 0.717) is 0 Å². The maximum atomic E-state index is 13.9. The summed E-state index contributed by atoms with van der Waals surface area (Å²) in [5, 5.41) is 125. The lowest BCUT2D eigenvalue weighted by atomic mass is 9.97. The van der Waals surface area contributed by atoms with Gasteiger partial charge in [0, 0.05) is 17.7 Å². The summed E-state index contributed by atoms with van der Waals surface area (Å²) < 4.78 is 44.7. The zero-order valence-electron chi connectivity index (χ0n) is 29.0. The molecule has 0 radical (unpaired) electrons. The van der Waals surface area contributed by atoms with E-state index < -0.39 is 133 Å². The van der Waals surface area contributed by atoms with Crippen molar-refractivity contribution in [1.82, 2.24) is 0 Å². The summed E-state index contributed by atoms with van der Waals surface area (Å²) in [5.41, 5.74) is -1.25. The average Bonchev–Trinajstić information content (AvgIpc) is 3.15. The predicted octanol–water partition coefficient (Wildman–Crippen LogP) is -3.56. The molecule has 3 fully saturated rings. The second-order valence-electron chi connectivity index (χ2n) is 13.3. The fourth-order valence-electron chi connectivity index (χ4n) is 6.47. The SMILES string of the molecule is COc1cc(-c2oc3cc(O)cc(O)c3c(=O)c2O[C@@H]2O[C@H](CO[C@@H]3O[C@@H](C)[C@H](O)[C@@H](O[C@@H]4O[C@H](CO)[C@@H](O)[C@H](O)[C@H]4O)[C@H]3O)[C@H](O)[C@H](O)[C@H]2O)ccc1O. The van der Waals surface area contributed by atoms with Crippen LogP contribution in [0.2, 0.25) is 0 Å². The second kappa shape index (κ2) is 16.3. The van der Waals surface area contributed by atoms with Crippen molar-refractivity contribution in [2.45, 2.75) is 99.0 Å². The highest BCUT2D eigenvalue weighted by Crippen LogP contribution is 2.40. The number of rotatable bonds is 10. The predicted molar refractivity (Wildman–Crippen MR) is 178 cm³/mol. The summed E-state index contributed by atoms with van der Waals surface area (Å²) in [5.74, 6) is -2.53. The van der Waals surface area contributed by atoms with Gasteiger partial charge in [-0.05, 0) is 25.1 Å². The molecule has 0 saturated carbocycles. The molecule has 3 aromatic rings. The van der Waals surface area contributed by atoms with Gasteiger partial charge in [-0.25, -0.2) is 0 Å². The number of hydrogen-bond donors (Lipinski definition) is 12. The Morgan fingerprint density at radius 3 is 2.04 bits per heavy atom. The van der Waals surface area contributed by atoms with Gasteiger partial charge in [0.15, 0.2) is 29.8 Å². The molecule has 55 heavy (non-hydrogen) atoms.